The maximum absolute atomic E-state index is 13.1. The van der Waals surface area contributed by atoms with Crippen molar-refractivity contribution in [2.75, 3.05) is 27.2 Å². The van der Waals surface area contributed by atoms with Crippen molar-refractivity contribution < 1.29 is 14.7 Å². The van der Waals surface area contributed by atoms with E-state index in [4.69, 9.17) is 0 Å². The molecule has 4 heterocycles. The summed E-state index contributed by atoms with van der Waals surface area (Å²) in [5.74, 6) is -1.54. The van der Waals surface area contributed by atoms with Crippen molar-refractivity contribution in [3.8, 4) is 0 Å². The lowest BCUT2D eigenvalue weighted by atomic mass is 9.97. The van der Waals surface area contributed by atoms with E-state index in [1.54, 1.807) is 42.0 Å². The van der Waals surface area contributed by atoms with E-state index in [9.17, 15) is 14.7 Å². The molecule has 1 aliphatic heterocycles. The first kappa shape index (κ1) is 19.8. The standard InChI is InChI=1S/C22H23N5O3/c1-14-18(26-11-5-4-6-16(26)24-14)20(28)17-19(15-7-9-23-10-8-15)27(13-12-25(2)3)22(30)21(17)29/h4-11,19,28H,12-13H2,1-3H3/t19-/m0/s1. The van der Waals surface area contributed by atoms with Gasteiger partial charge in [0.25, 0.3) is 11.7 Å². The number of pyridine rings is 2. The summed E-state index contributed by atoms with van der Waals surface area (Å²) in [6.45, 7) is 2.71. The molecule has 0 radical (unpaired) electrons. The van der Waals surface area contributed by atoms with Crippen LogP contribution in [0.1, 0.15) is 23.0 Å². The number of hydrogen-bond acceptors (Lipinski definition) is 6. The molecule has 30 heavy (non-hydrogen) atoms. The Bertz CT molecular complexity index is 1150. The van der Waals surface area contributed by atoms with Gasteiger partial charge in [-0.2, -0.15) is 0 Å². The zero-order valence-corrected chi connectivity index (χ0v) is 17.1. The summed E-state index contributed by atoms with van der Waals surface area (Å²) in [5, 5.41) is 11.3. The smallest absolute Gasteiger partial charge is 0.295 e. The van der Waals surface area contributed by atoms with Crippen LogP contribution in [0.3, 0.4) is 0 Å². The monoisotopic (exact) mass is 405 g/mol. The Morgan fingerprint density at radius 3 is 2.60 bits per heavy atom. The molecule has 8 nitrogen and oxygen atoms in total. The van der Waals surface area contributed by atoms with Gasteiger partial charge >= 0.3 is 0 Å². The third kappa shape index (κ3) is 3.25. The number of fused-ring (bicyclic) bond motifs is 1. The first-order chi connectivity index (χ1) is 14.4. The summed E-state index contributed by atoms with van der Waals surface area (Å²) in [5.41, 5.74) is 2.43. The average Bonchev–Trinajstić information content (AvgIpc) is 3.20. The number of likely N-dealkylation sites (tertiary alicyclic amines) is 1. The lowest BCUT2D eigenvalue weighted by molar-refractivity contribution is -0.140. The van der Waals surface area contributed by atoms with Crippen molar-refractivity contribution in [1.29, 1.82) is 0 Å². The quantitative estimate of drug-likeness (QED) is 0.397. The van der Waals surface area contributed by atoms with Crippen molar-refractivity contribution in [3.63, 3.8) is 0 Å². The maximum atomic E-state index is 13.1. The summed E-state index contributed by atoms with van der Waals surface area (Å²) in [7, 11) is 3.81. The van der Waals surface area contributed by atoms with E-state index in [2.05, 4.69) is 9.97 Å². The third-order valence-electron chi connectivity index (χ3n) is 5.28. The number of carbonyl (C=O) groups is 2. The molecular weight excluding hydrogens is 382 g/mol. The minimum atomic E-state index is -0.696. The lowest BCUT2D eigenvalue weighted by Gasteiger charge is -2.26. The van der Waals surface area contributed by atoms with E-state index in [1.165, 1.54) is 4.90 Å². The summed E-state index contributed by atoms with van der Waals surface area (Å²) < 4.78 is 1.72. The Kier molecular flexibility index (Phi) is 5.09. The van der Waals surface area contributed by atoms with E-state index >= 15 is 0 Å². The highest BCUT2D eigenvalue weighted by molar-refractivity contribution is 6.46. The van der Waals surface area contributed by atoms with Gasteiger partial charge in [-0.25, -0.2) is 4.98 Å². The molecule has 0 aromatic carbocycles. The molecule has 3 aromatic rings. The van der Waals surface area contributed by atoms with Crippen molar-refractivity contribution in [2.24, 2.45) is 0 Å². The number of amides is 1. The molecule has 8 heteroatoms. The van der Waals surface area contributed by atoms with Gasteiger partial charge in [0.15, 0.2) is 5.76 Å². The number of aryl methyl sites for hydroxylation is 1. The van der Waals surface area contributed by atoms with E-state index in [0.717, 1.165) is 5.56 Å². The summed E-state index contributed by atoms with van der Waals surface area (Å²) >= 11 is 0. The van der Waals surface area contributed by atoms with Gasteiger partial charge in [-0.1, -0.05) is 6.07 Å². The molecule has 0 unspecified atom stereocenters. The largest absolute Gasteiger partial charge is 0.505 e. The van der Waals surface area contributed by atoms with Crippen molar-refractivity contribution >= 4 is 23.1 Å². The van der Waals surface area contributed by atoms with Gasteiger partial charge in [0.1, 0.15) is 11.3 Å². The summed E-state index contributed by atoms with van der Waals surface area (Å²) in [4.78, 5) is 37.9. The highest BCUT2D eigenvalue weighted by atomic mass is 16.3. The SMILES string of the molecule is Cc1nc2ccccn2c1C(O)=C1C(=O)C(=O)N(CCN(C)C)[C@H]1c1ccncc1. The van der Waals surface area contributed by atoms with Gasteiger partial charge in [-0.15, -0.1) is 0 Å². The predicted molar refractivity (Wildman–Crippen MR) is 112 cm³/mol. The van der Waals surface area contributed by atoms with Crippen LogP contribution in [0.2, 0.25) is 0 Å². The lowest BCUT2D eigenvalue weighted by Crippen LogP contribution is -2.35. The number of ketones is 1. The molecule has 0 spiro atoms. The first-order valence-electron chi connectivity index (χ1n) is 9.67. The van der Waals surface area contributed by atoms with Gasteiger partial charge < -0.3 is 14.9 Å². The van der Waals surface area contributed by atoms with Crippen LogP contribution in [0.25, 0.3) is 11.4 Å². The fraction of sp³-hybridized carbons (Fsp3) is 0.273. The zero-order chi connectivity index (χ0) is 21.4. The Morgan fingerprint density at radius 1 is 1.17 bits per heavy atom. The molecule has 4 rings (SSSR count). The number of likely N-dealkylation sites (N-methyl/N-ethyl adjacent to an activating group) is 1. The average molecular weight is 405 g/mol. The van der Waals surface area contributed by atoms with Crippen LogP contribution in [0.5, 0.6) is 0 Å². The molecule has 1 atom stereocenters. The Labute approximate surface area is 174 Å². The van der Waals surface area contributed by atoms with Crippen molar-refractivity contribution in [3.05, 3.63) is 71.4 Å². The molecule has 0 aliphatic carbocycles. The summed E-state index contributed by atoms with van der Waals surface area (Å²) in [6.07, 6.45) is 5.00. The number of Topliss-reactive ketones (excluding diaryl/α,β-unsaturated/α-hetero) is 1. The van der Waals surface area contributed by atoms with Crippen LogP contribution < -0.4 is 0 Å². The second-order valence-electron chi connectivity index (χ2n) is 7.55. The molecule has 0 bridgehead atoms. The fourth-order valence-electron chi connectivity index (χ4n) is 3.84. The number of rotatable bonds is 5. The molecule has 154 valence electrons. The Morgan fingerprint density at radius 2 is 1.90 bits per heavy atom. The van der Waals surface area contributed by atoms with Gasteiger partial charge in [0.2, 0.25) is 0 Å². The Balaban J connectivity index is 1.92. The zero-order valence-electron chi connectivity index (χ0n) is 17.1. The normalized spacial score (nSPS) is 18.7. The van der Waals surface area contributed by atoms with Crippen molar-refractivity contribution in [1.82, 2.24) is 24.2 Å². The van der Waals surface area contributed by atoms with Gasteiger partial charge in [-0.3, -0.25) is 19.0 Å². The number of aromatic nitrogens is 3. The Hall–Kier alpha value is -3.52. The van der Waals surface area contributed by atoms with Crippen LogP contribution in [0, 0.1) is 6.92 Å². The van der Waals surface area contributed by atoms with Gasteiger partial charge in [0.05, 0.1) is 17.3 Å². The van der Waals surface area contributed by atoms with E-state index in [0.29, 0.717) is 30.1 Å². The molecule has 1 saturated heterocycles. The van der Waals surface area contributed by atoms with Crippen LogP contribution >= 0.6 is 0 Å². The molecule has 3 aromatic heterocycles. The van der Waals surface area contributed by atoms with Gasteiger partial charge in [0, 0.05) is 31.7 Å². The molecule has 1 N–H and O–H groups in total. The second kappa shape index (κ2) is 7.72. The van der Waals surface area contributed by atoms with E-state index in [1.807, 2.05) is 37.2 Å². The minimum Gasteiger partial charge on any atom is -0.505 e. The van der Waals surface area contributed by atoms with E-state index < -0.39 is 17.7 Å². The van der Waals surface area contributed by atoms with Crippen LogP contribution in [-0.4, -0.2) is 68.2 Å². The number of imidazole rings is 1. The van der Waals surface area contributed by atoms with Crippen LogP contribution in [0.15, 0.2) is 54.5 Å². The van der Waals surface area contributed by atoms with E-state index in [-0.39, 0.29) is 11.3 Å². The highest BCUT2D eigenvalue weighted by Crippen LogP contribution is 2.39. The number of hydrogen-bond donors (Lipinski definition) is 1. The number of carbonyl (C=O) groups excluding carboxylic acids is 2. The molecule has 1 amide bonds. The van der Waals surface area contributed by atoms with Crippen LogP contribution in [-0.2, 0) is 9.59 Å². The highest BCUT2D eigenvalue weighted by Gasteiger charge is 2.46. The number of nitrogens with zero attached hydrogens (tertiary/aromatic N) is 5. The topological polar surface area (TPSA) is 91.0 Å². The van der Waals surface area contributed by atoms with Crippen LogP contribution in [0.4, 0.5) is 0 Å². The summed E-state index contributed by atoms with van der Waals surface area (Å²) in [6, 6.07) is 8.31. The molecule has 1 aliphatic rings. The maximum Gasteiger partial charge on any atom is 0.295 e. The molecular formula is C22H23N5O3. The number of aliphatic hydroxyl groups excluding tert-OH is 1. The molecule has 0 saturated carbocycles. The molecule has 1 fully saturated rings. The third-order valence-corrected chi connectivity index (χ3v) is 5.28. The predicted octanol–water partition coefficient (Wildman–Crippen LogP) is 2.02. The van der Waals surface area contributed by atoms with Crippen molar-refractivity contribution in [2.45, 2.75) is 13.0 Å². The van der Waals surface area contributed by atoms with Gasteiger partial charge in [-0.05, 0) is 50.8 Å². The first-order valence-corrected chi connectivity index (χ1v) is 9.67. The minimum absolute atomic E-state index is 0.0682. The fourth-order valence-corrected chi connectivity index (χ4v) is 3.84. The second-order valence-corrected chi connectivity index (χ2v) is 7.55. The number of aliphatic hydroxyl groups is 1.